The van der Waals surface area contributed by atoms with E-state index in [9.17, 15) is 4.21 Å². The number of hydrogen-bond acceptors (Lipinski definition) is 6. The number of aromatic nitrogens is 1. The number of nitrogens with one attached hydrogen (secondary N) is 1. The van der Waals surface area contributed by atoms with Crippen LogP contribution in [0.2, 0.25) is 0 Å². The van der Waals surface area contributed by atoms with E-state index in [4.69, 9.17) is 15.9 Å². The van der Waals surface area contributed by atoms with Crippen molar-refractivity contribution in [3.63, 3.8) is 0 Å². The van der Waals surface area contributed by atoms with Crippen LogP contribution in [0.15, 0.2) is 41.4 Å². The highest BCUT2D eigenvalue weighted by atomic mass is 32.2. The minimum Gasteiger partial charge on any atom is -0.398 e. The summed E-state index contributed by atoms with van der Waals surface area (Å²) in [6.45, 7) is 2.94. The Morgan fingerprint density at radius 1 is 1.29 bits per heavy atom. The Balaban J connectivity index is 1.93. The van der Waals surface area contributed by atoms with Gasteiger partial charge in [0, 0.05) is 58.1 Å². The molecule has 3 rings (SSSR count). The monoisotopic (exact) mass is 344 g/mol. The number of pyridine rings is 1. The van der Waals surface area contributed by atoms with Gasteiger partial charge in [-0.1, -0.05) is 0 Å². The van der Waals surface area contributed by atoms with Gasteiger partial charge >= 0.3 is 0 Å². The number of nitrogens with two attached hydrogens (primary N) is 1. The number of morpholine rings is 1. The molecule has 1 aliphatic heterocycles. The van der Waals surface area contributed by atoms with Crippen molar-refractivity contribution >= 4 is 28.0 Å². The summed E-state index contributed by atoms with van der Waals surface area (Å²) < 4.78 is 17.1. The van der Waals surface area contributed by atoms with Crippen LogP contribution in [0.25, 0.3) is 0 Å². The van der Waals surface area contributed by atoms with Gasteiger partial charge in [-0.2, -0.15) is 0 Å². The van der Waals surface area contributed by atoms with E-state index in [-0.39, 0.29) is 0 Å². The van der Waals surface area contributed by atoms with Crippen LogP contribution >= 0.6 is 0 Å². The van der Waals surface area contributed by atoms with E-state index in [1.54, 1.807) is 36.7 Å². The second-order valence-electron chi connectivity index (χ2n) is 5.58. The Bertz CT molecular complexity index is 788. The highest BCUT2D eigenvalue weighted by Crippen LogP contribution is 2.22. The zero-order valence-corrected chi connectivity index (χ0v) is 14.3. The molecule has 126 valence electrons. The van der Waals surface area contributed by atoms with Crippen LogP contribution in [0.5, 0.6) is 0 Å². The molecule has 1 fully saturated rings. The molecule has 1 aromatic heterocycles. The minimum atomic E-state index is -1.12. The van der Waals surface area contributed by atoms with Gasteiger partial charge in [0.15, 0.2) is 0 Å². The van der Waals surface area contributed by atoms with Crippen molar-refractivity contribution in [2.75, 3.05) is 43.2 Å². The van der Waals surface area contributed by atoms with Gasteiger partial charge < -0.3 is 15.4 Å². The number of rotatable bonds is 4. The Morgan fingerprint density at radius 2 is 2.04 bits per heavy atom. The number of ether oxygens (including phenoxy) is 1. The highest BCUT2D eigenvalue weighted by molar-refractivity contribution is 7.84. The quantitative estimate of drug-likeness (QED) is 0.650. The number of nitrogens with zero attached hydrogens (tertiary/aromatic N) is 2. The van der Waals surface area contributed by atoms with E-state index in [1.807, 2.05) is 6.07 Å². The fraction of sp³-hybridized carbons (Fsp3) is 0.294. The zero-order valence-electron chi connectivity index (χ0n) is 13.5. The molecule has 0 aliphatic carbocycles. The number of nitrogen functional groups attached to an aromatic ring is 1. The Hall–Kier alpha value is -2.25. The summed E-state index contributed by atoms with van der Waals surface area (Å²) >= 11 is 0. The van der Waals surface area contributed by atoms with Crippen LogP contribution in [0.1, 0.15) is 11.1 Å². The maximum absolute atomic E-state index is 11.7. The lowest BCUT2D eigenvalue weighted by Gasteiger charge is -2.28. The smallest absolute Gasteiger partial charge is 0.129 e. The molecule has 6 nitrogen and oxygen atoms in total. The Labute approximate surface area is 143 Å². The van der Waals surface area contributed by atoms with Gasteiger partial charge in [0.05, 0.1) is 18.9 Å². The molecule has 1 atom stereocenters. The van der Waals surface area contributed by atoms with Gasteiger partial charge in [-0.3, -0.25) is 9.62 Å². The molecule has 0 amide bonds. The molecule has 1 saturated heterocycles. The molecule has 1 aliphatic rings. The fourth-order valence-corrected chi connectivity index (χ4v) is 3.17. The predicted octanol–water partition coefficient (Wildman–Crippen LogP) is 1.65. The summed E-state index contributed by atoms with van der Waals surface area (Å²) in [7, 11) is -1.12. The summed E-state index contributed by atoms with van der Waals surface area (Å²) in [5.41, 5.74) is 8.15. The summed E-state index contributed by atoms with van der Waals surface area (Å²) in [6.07, 6.45) is 3.31. The first-order chi connectivity index (χ1) is 11.6. The molecular weight excluding hydrogens is 324 g/mol. The molecule has 3 N–H and O–H groups in total. The normalized spacial score (nSPS) is 16.0. The van der Waals surface area contributed by atoms with E-state index in [2.05, 4.69) is 9.88 Å². The average molecular weight is 344 g/mol. The van der Waals surface area contributed by atoms with Gasteiger partial charge in [-0.05, 0) is 30.3 Å². The summed E-state index contributed by atoms with van der Waals surface area (Å²) in [5, 5.41) is 8.51. The number of hydrogen-bond donors (Lipinski definition) is 2. The highest BCUT2D eigenvalue weighted by Gasteiger charge is 2.15. The molecule has 0 bridgehead atoms. The molecule has 0 radical (unpaired) electrons. The van der Waals surface area contributed by atoms with Crippen molar-refractivity contribution in [1.82, 2.24) is 4.98 Å². The second-order valence-corrected chi connectivity index (χ2v) is 6.96. The van der Waals surface area contributed by atoms with Crippen LogP contribution in [-0.4, -0.2) is 47.5 Å². The lowest BCUT2D eigenvalue weighted by Crippen LogP contribution is -2.36. The molecule has 2 heterocycles. The Morgan fingerprint density at radius 3 is 2.75 bits per heavy atom. The number of anilines is 2. The predicted molar refractivity (Wildman–Crippen MR) is 96.4 cm³/mol. The average Bonchev–Trinajstić information content (AvgIpc) is 2.62. The molecule has 0 saturated carbocycles. The molecule has 24 heavy (non-hydrogen) atoms. The zero-order chi connectivity index (χ0) is 17.1. The molecular formula is C17H20N4O2S. The lowest BCUT2D eigenvalue weighted by molar-refractivity contribution is 0.122. The van der Waals surface area contributed by atoms with Gasteiger partial charge in [-0.15, -0.1) is 0 Å². The van der Waals surface area contributed by atoms with Gasteiger partial charge in [0.2, 0.25) is 0 Å². The van der Waals surface area contributed by atoms with Gasteiger partial charge in [-0.25, -0.2) is 4.98 Å². The van der Waals surface area contributed by atoms with Gasteiger partial charge in [0.1, 0.15) is 5.82 Å². The first-order valence-corrected chi connectivity index (χ1v) is 9.23. The molecule has 2 aromatic rings. The van der Waals surface area contributed by atoms with E-state index < -0.39 is 10.8 Å². The van der Waals surface area contributed by atoms with Crippen LogP contribution in [0.4, 0.5) is 11.5 Å². The van der Waals surface area contributed by atoms with E-state index in [0.29, 0.717) is 35.1 Å². The van der Waals surface area contributed by atoms with Crippen molar-refractivity contribution in [1.29, 1.82) is 5.41 Å². The third-order valence-electron chi connectivity index (χ3n) is 4.00. The maximum atomic E-state index is 11.7. The lowest BCUT2D eigenvalue weighted by atomic mass is 10.0. The maximum Gasteiger partial charge on any atom is 0.129 e. The first kappa shape index (κ1) is 16.6. The fourth-order valence-electron chi connectivity index (χ4n) is 2.63. The number of benzene rings is 1. The molecule has 1 unspecified atom stereocenters. The molecule has 0 spiro atoms. The van der Waals surface area contributed by atoms with Crippen molar-refractivity contribution in [2.24, 2.45) is 0 Å². The van der Waals surface area contributed by atoms with Crippen molar-refractivity contribution in [3.05, 3.63) is 47.7 Å². The molecule has 1 aromatic carbocycles. The van der Waals surface area contributed by atoms with Crippen molar-refractivity contribution in [2.45, 2.75) is 4.90 Å². The largest absolute Gasteiger partial charge is 0.398 e. The van der Waals surface area contributed by atoms with Crippen LogP contribution in [-0.2, 0) is 15.5 Å². The third kappa shape index (κ3) is 3.47. The summed E-state index contributed by atoms with van der Waals surface area (Å²) in [4.78, 5) is 7.20. The Kier molecular flexibility index (Phi) is 4.92. The van der Waals surface area contributed by atoms with Crippen LogP contribution in [0, 0.1) is 5.41 Å². The molecule has 7 heteroatoms. The SMILES string of the molecule is CS(=O)c1ccc(N)c(C(=N)c2ccnc(N3CCOCC3)c2)c1. The van der Waals surface area contributed by atoms with Crippen LogP contribution < -0.4 is 10.6 Å². The summed E-state index contributed by atoms with van der Waals surface area (Å²) in [5.74, 6) is 0.828. The topological polar surface area (TPSA) is 92.3 Å². The van der Waals surface area contributed by atoms with Crippen molar-refractivity contribution in [3.8, 4) is 0 Å². The third-order valence-corrected chi connectivity index (χ3v) is 4.91. The van der Waals surface area contributed by atoms with E-state index in [0.717, 1.165) is 24.5 Å². The van der Waals surface area contributed by atoms with E-state index in [1.165, 1.54) is 0 Å². The first-order valence-electron chi connectivity index (χ1n) is 7.67. The summed E-state index contributed by atoms with van der Waals surface area (Å²) in [6, 6.07) is 8.84. The standard InChI is InChI=1S/C17H20N4O2S/c1-24(22)13-2-3-15(18)14(11-13)17(19)12-4-5-20-16(10-12)21-6-8-23-9-7-21/h2-5,10-11,19H,6-9,18H2,1H3. The minimum absolute atomic E-state index is 0.303. The van der Waals surface area contributed by atoms with E-state index >= 15 is 0 Å². The second kappa shape index (κ2) is 7.11. The van der Waals surface area contributed by atoms with Gasteiger partial charge in [0.25, 0.3) is 0 Å². The van der Waals surface area contributed by atoms with Crippen LogP contribution in [0.3, 0.4) is 0 Å². The van der Waals surface area contributed by atoms with Crippen molar-refractivity contribution < 1.29 is 8.95 Å².